The summed E-state index contributed by atoms with van der Waals surface area (Å²) in [5, 5.41) is 11.9. The zero-order valence-corrected chi connectivity index (χ0v) is 10.9. The number of pyridine rings is 1. The molecule has 5 nitrogen and oxygen atoms in total. The van der Waals surface area contributed by atoms with Gasteiger partial charge >= 0.3 is 0 Å². The van der Waals surface area contributed by atoms with Crippen molar-refractivity contribution in [3.63, 3.8) is 0 Å². The topological polar surface area (TPSA) is 75.0 Å². The summed E-state index contributed by atoms with van der Waals surface area (Å²) in [5.74, 6) is 0.113. The van der Waals surface area contributed by atoms with Gasteiger partial charge in [0.25, 0.3) is 5.91 Å². The number of amides is 1. The Morgan fingerprint density at radius 3 is 2.65 bits per heavy atom. The van der Waals surface area contributed by atoms with Crippen molar-refractivity contribution in [2.45, 2.75) is 6.04 Å². The fraction of sp³-hybridized carbons (Fsp3) is 0.133. The molecular formula is C15H13N3O2. The Balaban J connectivity index is 2.20. The molecule has 0 spiro atoms. The average Bonchev–Trinajstić information content (AvgIpc) is 2.53. The van der Waals surface area contributed by atoms with E-state index in [1.54, 1.807) is 48.8 Å². The summed E-state index contributed by atoms with van der Waals surface area (Å²) in [7, 11) is 1.50. The molecule has 1 aromatic carbocycles. The molecule has 0 fully saturated rings. The minimum Gasteiger partial charge on any atom is -0.496 e. The van der Waals surface area contributed by atoms with Crippen LogP contribution in [-0.2, 0) is 0 Å². The van der Waals surface area contributed by atoms with E-state index >= 15 is 0 Å². The Morgan fingerprint density at radius 1 is 1.30 bits per heavy atom. The Kier molecular flexibility index (Phi) is 4.30. The Morgan fingerprint density at radius 2 is 2.00 bits per heavy atom. The molecule has 0 saturated heterocycles. The van der Waals surface area contributed by atoms with Crippen LogP contribution in [0.15, 0.2) is 48.8 Å². The second-order valence-corrected chi connectivity index (χ2v) is 4.02. The molecule has 2 rings (SSSR count). The molecule has 1 N–H and O–H groups in total. The third-order valence-corrected chi connectivity index (χ3v) is 2.80. The fourth-order valence-corrected chi connectivity index (χ4v) is 1.79. The molecule has 0 radical (unpaired) electrons. The molecule has 2 aromatic rings. The van der Waals surface area contributed by atoms with Crippen molar-refractivity contribution in [1.29, 1.82) is 5.26 Å². The molecule has 0 saturated carbocycles. The molecule has 1 aromatic heterocycles. The molecule has 1 amide bonds. The molecule has 0 bridgehead atoms. The van der Waals surface area contributed by atoms with E-state index in [2.05, 4.69) is 16.4 Å². The van der Waals surface area contributed by atoms with E-state index in [0.717, 1.165) is 0 Å². The zero-order valence-electron chi connectivity index (χ0n) is 10.9. The van der Waals surface area contributed by atoms with Gasteiger partial charge in [-0.15, -0.1) is 0 Å². The minimum atomic E-state index is -0.726. The highest BCUT2D eigenvalue weighted by atomic mass is 16.5. The molecule has 1 atom stereocenters. The van der Waals surface area contributed by atoms with Crippen molar-refractivity contribution in [2.75, 3.05) is 7.11 Å². The number of ether oxygens (including phenoxy) is 1. The van der Waals surface area contributed by atoms with Gasteiger partial charge in [-0.1, -0.05) is 12.1 Å². The fourth-order valence-electron chi connectivity index (χ4n) is 1.79. The van der Waals surface area contributed by atoms with Gasteiger partial charge in [-0.25, -0.2) is 0 Å². The predicted molar refractivity (Wildman–Crippen MR) is 73.1 cm³/mol. The summed E-state index contributed by atoms with van der Waals surface area (Å²) < 4.78 is 5.13. The van der Waals surface area contributed by atoms with Crippen molar-refractivity contribution in [2.24, 2.45) is 0 Å². The number of aromatic nitrogens is 1. The number of nitriles is 1. The van der Waals surface area contributed by atoms with Crippen LogP contribution < -0.4 is 10.1 Å². The summed E-state index contributed by atoms with van der Waals surface area (Å²) in [5.41, 5.74) is 1.08. The number of methoxy groups -OCH3 is 1. The molecule has 20 heavy (non-hydrogen) atoms. The number of rotatable bonds is 4. The van der Waals surface area contributed by atoms with E-state index in [0.29, 0.717) is 16.9 Å². The Labute approximate surface area is 116 Å². The van der Waals surface area contributed by atoms with Gasteiger partial charge in [0.05, 0.1) is 18.7 Å². The molecule has 100 valence electrons. The van der Waals surface area contributed by atoms with E-state index in [4.69, 9.17) is 4.74 Å². The quantitative estimate of drug-likeness (QED) is 0.920. The Hall–Kier alpha value is -2.87. The molecule has 0 aliphatic rings. The van der Waals surface area contributed by atoms with Gasteiger partial charge in [-0.3, -0.25) is 9.78 Å². The van der Waals surface area contributed by atoms with Crippen LogP contribution in [0.3, 0.4) is 0 Å². The standard InChI is InChI=1S/C15H13N3O2/c1-20-14-5-3-2-4-12(14)15(19)18-13(10-16)11-6-8-17-9-7-11/h2-9,13H,1H3,(H,18,19). The van der Waals surface area contributed by atoms with Crippen molar-refractivity contribution >= 4 is 5.91 Å². The largest absolute Gasteiger partial charge is 0.496 e. The summed E-state index contributed by atoms with van der Waals surface area (Å²) >= 11 is 0. The summed E-state index contributed by atoms with van der Waals surface area (Å²) in [6.45, 7) is 0. The minimum absolute atomic E-state index is 0.356. The number of carbonyl (C=O) groups is 1. The van der Waals surface area contributed by atoms with Crippen LogP contribution in [0.2, 0.25) is 0 Å². The van der Waals surface area contributed by atoms with Gasteiger partial charge in [-0.05, 0) is 29.8 Å². The van der Waals surface area contributed by atoms with Crippen LogP contribution >= 0.6 is 0 Å². The second-order valence-electron chi connectivity index (χ2n) is 4.02. The Bertz CT molecular complexity index is 635. The van der Waals surface area contributed by atoms with Crippen LogP contribution in [0.1, 0.15) is 22.0 Å². The number of nitrogens with one attached hydrogen (secondary N) is 1. The van der Waals surface area contributed by atoms with Gasteiger partial charge in [0, 0.05) is 12.4 Å². The highest BCUT2D eigenvalue weighted by molar-refractivity contribution is 5.97. The first-order valence-corrected chi connectivity index (χ1v) is 5.99. The summed E-state index contributed by atoms with van der Waals surface area (Å²) in [6.07, 6.45) is 3.16. The molecule has 5 heteroatoms. The maximum absolute atomic E-state index is 12.2. The van der Waals surface area contributed by atoms with E-state index < -0.39 is 6.04 Å². The molecule has 1 unspecified atom stereocenters. The lowest BCUT2D eigenvalue weighted by Gasteiger charge is -2.13. The van der Waals surface area contributed by atoms with Gasteiger partial charge in [-0.2, -0.15) is 5.26 Å². The lowest BCUT2D eigenvalue weighted by atomic mass is 10.1. The number of hydrogen-bond donors (Lipinski definition) is 1. The van der Waals surface area contributed by atoms with Crippen LogP contribution in [0.25, 0.3) is 0 Å². The van der Waals surface area contributed by atoms with Crippen LogP contribution in [0.4, 0.5) is 0 Å². The van der Waals surface area contributed by atoms with E-state index in [1.807, 2.05) is 0 Å². The second kappa shape index (κ2) is 6.34. The zero-order chi connectivity index (χ0) is 14.4. The first kappa shape index (κ1) is 13.6. The highest BCUT2D eigenvalue weighted by Gasteiger charge is 2.17. The van der Waals surface area contributed by atoms with Crippen LogP contribution in [0.5, 0.6) is 5.75 Å². The number of benzene rings is 1. The smallest absolute Gasteiger partial charge is 0.256 e. The van der Waals surface area contributed by atoms with Gasteiger partial charge in [0.15, 0.2) is 0 Å². The van der Waals surface area contributed by atoms with Gasteiger partial charge in [0.2, 0.25) is 0 Å². The van der Waals surface area contributed by atoms with E-state index in [9.17, 15) is 10.1 Å². The molecule has 1 heterocycles. The first-order chi connectivity index (χ1) is 9.76. The number of hydrogen-bond acceptors (Lipinski definition) is 4. The third kappa shape index (κ3) is 2.93. The van der Waals surface area contributed by atoms with Gasteiger partial charge < -0.3 is 10.1 Å². The maximum Gasteiger partial charge on any atom is 0.256 e. The van der Waals surface area contributed by atoms with Crippen molar-refractivity contribution < 1.29 is 9.53 Å². The van der Waals surface area contributed by atoms with E-state index in [-0.39, 0.29) is 5.91 Å². The normalized spacial score (nSPS) is 11.2. The summed E-state index contributed by atoms with van der Waals surface area (Å²) in [6, 6.07) is 11.6. The molecule has 0 aliphatic carbocycles. The lowest BCUT2D eigenvalue weighted by molar-refractivity contribution is 0.0942. The SMILES string of the molecule is COc1ccccc1C(=O)NC(C#N)c1ccncc1. The maximum atomic E-state index is 12.2. The molecular weight excluding hydrogens is 254 g/mol. The number of para-hydroxylation sites is 1. The van der Waals surface area contributed by atoms with Crippen LogP contribution in [0, 0.1) is 11.3 Å². The number of carbonyl (C=O) groups excluding carboxylic acids is 1. The summed E-state index contributed by atoms with van der Waals surface area (Å²) in [4.78, 5) is 16.1. The number of nitrogens with zero attached hydrogens (tertiary/aromatic N) is 2. The van der Waals surface area contributed by atoms with Crippen molar-refractivity contribution in [3.05, 3.63) is 59.9 Å². The van der Waals surface area contributed by atoms with Crippen molar-refractivity contribution in [1.82, 2.24) is 10.3 Å². The monoisotopic (exact) mass is 267 g/mol. The highest BCUT2D eigenvalue weighted by Crippen LogP contribution is 2.19. The van der Waals surface area contributed by atoms with E-state index in [1.165, 1.54) is 7.11 Å². The first-order valence-electron chi connectivity index (χ1n) is 5.99. The predicted octanol–water partition coefficient (Wildman–Crippen LogP) is 2.08. The van der Waals surface area contributed by atoms with Gasteiger partial charge in [0.1, 0.15) is 11.8 Å². The average molecular weight is 267 g/mol. The van der Waals surface area contributed by atoms with Crippen molar-refractivity contribution in [3.8, 4) is 11.8 Å². The lowest BCUT2D eigenvalue weighted by Crippen LogP contribution is -2.28. The molecule has 0 aliphatic heterocycles. The van der Waals surface area contributed by atoms with Crippen LogP contribution in [-0.4, -0.2) is 18.0 Å². The third-order valence-electron chi connectivity index (χ3n) is 2.80.